The summed E-state index contributed by atoms with van der Waals surface area (Å²) in [5.41, 5.74) is 5.29. The molecule has 4 rings (SSSR count). The average Bonchev–Trinajstić information content (AvgIpc) is 3.35. The van der Waals surface area contributed by atoms with Gasteiger partial charge in [-0.2, -0.15) is 5.10 Å². The molecule has 7 nitrogen and oxygen atoms in total. The molecule has 0 fully saturated rings. The van der Waals surface area contributed by atoms with Gasteiger partial charge in [0.1, 0.15) is 5.75 Å². The van der Waals surface area contributed by atoms with Crippen molar-refractivity contribution in [3.05, 3.63) is 108 Å². The van der Waals surface area contributed by atoms with Crippen molar-refractivity contribution in [2.24, 2.45) is 0 Å². The Kier molecular flexibility index (Phi) is 7.93. The van der Waals surface area contributed by atoms with Crippen LogP contribution < -0.4 is 10.1 Å². The number of para-hydroxylation sites is 2. The van der Waals surface area contributed by atoms with Crippen molar-refractivity contribution >= 4 is 18.0 Å². The number of aryl methyl sites for hydroxylation is 1. The highest BCUT2D eigenvalue weighted by Gasteiger charge is 2.12. The van der Waals surface area contributed by atoms with E-state index in [1.807, 2.05) is 92.0 Å². The fourth-order valence-corrected chi connectivity index (χ4v) is 3.59. The first-order chi connectivity index (χ1) is 17.5. The minimum atomic E-state index is -0.621. The molecule has 0 unspecified atom stereocenters. The van der Waals surface area contributed by atoms with Gasteiger partial charge in [-0.25, -0.2) is 9.48 Å². The van der Waals surface area contributed by atoms with Gasteiger partial charge in [-0.05, 0) is 31.2 Å². The van der Waals surface area contributed by atoms with Crippen LogP contribution in [0, 0.1) is 6.92 Å². The van der Waals surface area contributed by atoms with E-state index in [0.29, 0.717) is 5.75 Å². The van der Waals surface area contributed by atoms with Crippen molar-refractivity contribution in [3.8, 4) is 22.7 Å². The summed E-state index contributed by atoms with van der Waals surface area (Å²) >= 11 is 0. The van der Waals surface area contributed by atoms with Gasteiger partial charge < -0.3 is 14.8 Å². The minimum Gasteiger partial charge on any atom is -0.496 e. The highest BCUT2D eigenvalue weighted by Crippen LogP contribution is 2.25. The minimum absolute atomic E-state index is 0.273. The summed E-state index contributed by atoms with van der Waals surface area (Å²) in [5, 5.41) is 7.46. The van der Waals surface area contributed by atoms with Gasteiger partial charge in [0.15, 0.2) is 6.61 Å². The topological polar surface area (TPSA) is 82.5 Å². The highest BCUT2D eigenvalue weighted by atomic mass is 16.5. The van der Waals surface area contributed by atoms with Crippen LogP contribution in [0.5, 0.6) is 5.75 Å². The molecule has 0 aliphatic rings. The SMILES string of the molecule is COc1ccccc1CNC(=O)COC(=O)/C=C/c1cn(-c2ccccc2)nc1-c1ccc(C)cc1. The summed E-state index contributed by atoms with van der Waals surface area (Å²) in [6.45, 7) is 1.91. The Labute approximate surface area is 210 Å². The molecule has 36 heavy (non-hydrogen) atoms. The Morgan fingerprint density at radius 1 is 0.972 bits per heavy atom. The lowest BCUT2D eigenvalue weighted by Gasteiger charge is -2.09. The van der Waals surface area contributed by atoms with E-state index in [2.05, 4.69) is 5.32 Å². The summed E-state index contributed by atoms with van der Waals surface area (Å²) in [4.78, 5) is 24.5. The molecule has 1 N–H and O–H groups in total. The fourth-order valence-electron chi connectivity index (χ4n) is 3.59. The number of rotatable bonds is 9. The van der Waals surface area contributed by atoms with Crippen molar-refractivity contribution in [2.45, 2.75) is 13.5 Å². The van der Waals surface area contributed by atoms with E-state index in [-0.39, 0.29) is 13.2 Å². The maximum absolute atomic E-state index is 12.3. The molecular formula is C29H27N3O4. The molecule has 1 heterocycles. The average molecular weight is 482 g/mol. The maximum Gasteiger partial charge on any atom is 0.331 e. The second kappa shape index (κ2) is 11.7. The van der Waals surface area contributed by atoms with E-state index in [1.54, 1.807) is 17.9 Å². The standard InChI is InChI=1S/C29H27N3O4/c1-21-12-14-22(15-13-21)29-24(19-32(31-29)25-9-4-3-5-10-25)16-17-28(34)36-20-27(33)30-18-23-8-6-7-11-26(23)35-2/h3-17,19H,18,20H2,1-2H3,(H,30,33)/b17-16+. The first-order valence-electron chi connectivity index (χ1n) is 11.5. The molecule has 4 aromatic rings. The van der Waals surface area contributed by atoms with Crippen LogP contribution in [-0.2, 0) is 20.9 Å². The highest BCUT2D eigenvalue weighted by molar-refractivity contribution is 5.90. The van der Waals surface area contributed by atoms with Crippen molar-refractivity contribution in [3.63, 3.8) is 0 Å². The number of carbonyl (C=O) groups excluding carboxylic acids is 2. The molecule has 0 radical (unpaired) electrons. The summed E-state index contributed by atoms with van der Waals surface area (Å²) in [7, 11) is 1.57. The van der Waals surface area contributed by atoms with Crippen molar-refractivity contribution in [2.75, 3.05) is 13.7 Å². The molecule has 3 aromatic carbocycles. The lowest BCUT2D eigenvalue weighted by Crippen LogP contribution is -2.28. The smallest absolute Gasteiger partial charge is 0.331 e. The Morgan fingerprint density at radius 3 is 2.44 bits per heavy atom. The number of methoxy groups -OCH3 is 1. The Balaban J connectivity index is 1.42. The molecule has 182 valence electrons. The van der Waals surface area contributed by atoms with E-state index in [9.17, 15) is 9.59 Å². The first-order valence-corrected chi connectivity index (χ1v) is 11.5. The number of carbonyl (C=O) groups is 2. The van der Waals surface area contributed by atoms with Gasteiger partial charge in [0.25, 0.3) is 5.91 Å². The number of nitrogens with zero attached hydrogens (tertiary/aromatic N) is 2. The molecule has 0 bridgehead atoms. The zero-order valence-electron chi connectivity index (χ0n) is 20.2. The maximum atomic E-state index is 12.3. The number of benzene rings is 3. The van der Waals surface area contributed by atoms with Gasteiger partial charge in [0.05, 0.1) is 18.5 Å². The van der Waals surface area contributed by atoms with E-state index in [0.717, 1.165) is 33.6 Å². The molecule has 0 spiro atoms. The molecule has 0 saturated carbocycles. The van der Waals surface area contributed by atoms with E-state index >= 15 is 0 Å². The molecule has 0 saturated heterocycles. The van der Waals surface area contributed by atoms with Crippen LogP contribution >= 0.6 is 0 Å². The van der Waals surface area contributed by atoms with Gasteiger partial charge in [0, 0.05) is 35.5 Å². The molecule has 7 heteroatoms. The van der Waals surface area contributed by atoms with Crippen molar-refractivity contribution in [1.82, 2.24) is 15.1 Å². The van der Waals surface area contributed by atoms with Crippen molar-refractivity contribution in [1.29, 1.82) is 0 Å². The molecule has 0 aliphatic carbocycles. The van der Waals surface area contributed by atoms with E-state index in [1.165, 1.54) is 6.08 Å². The summed E-state index contributed by atoms with van der Waals surface area (Å²) in [5.74, 6) is -0.345. The van der Waals surface area contributed by atoms with Crippen LogP contribution in [0.4, 0.5) is 0 Å². The molecule has 1 amide bonds. The van der Waals surface area contributed by atoms with Gasteiger partial charge >= 0.3 is 5.97 Å². The number of esters is 1. The lowest BCUT2D eigenvalue weighted by atomic mass is 10.1. The summed E-state index contributed by atoms with van der Waals surface area (Å²) < 4.78 is 12.2. The number of hydrogen-bond donors (Lipinski definition) is 1. The third-order valence-electron chi connectivity index (χ3n) is 5.50. The first kappa shape index (κ1) is 24.5. The normalized spacial score (nSPS) is 10.8. The summed E-state index contributed by atoms with van der Waals surface area (Å²) in [6.07, 6.45) is 4.81. The van der Waals surface area contributed by atoms with Crippen LogP contribution in [0.2, 0.25) is 0 Å². The number of aromatic nitrogens is 2. The fraction of sp³-hybridized carbons (Fsp3) is 0.138. The van der Waals surface area contributed by atoms with Crippen LogP contribution in [0.15, 0.2) is 91.1 Å². The van der Waals surface area contributed by atoms with Crippen LogP contribution in [0.3, 0.4) is 0 Å². The Morgan fingerprint density at radius 2 is 1.69 bits per heavy atom. The van der Waals surface area contributed by atoms with Gasteiger partial charge in [-0.15, -0.1) is 0 Å². The number of amides is 1. The van der Waals surface area contributed by atoms with Gasteiger partial charge in [-0.3, -0.25) is 4.79 Å². The van der Waals surface area contributed by atoms with E-state index in [4.69, 9.17) is 14.6 Å². The second-order valence-electron chi connectivity index (χ2n) is 8.11. The lowest BCUT2D eigenvalue weighted by molar-refractivity contribution is -0.143. The van der Waals surface area contributed by atoms with Crippen LogP contribution in [0.25, 0.3) is 23.0 Å². The zero-order chi connectivity index (χ0) is 25.3. The number of nitrogens with one attached hydrogen (secondary N) is 1. The van der Waals surface area contributed by atoms with Crippen molar-refractivity contribution < 1.29 is 19.1 Å². The molecule has 0 aliphatic heterocycles. The monoisotopic (exact) mass is 481 g/mol. The summed E-state index contributed by atoms with van der Waals surface area (Å²) in [6, 6.07) is 25.1. The predicted molar refractivity (Wildman–Crippen MR) is 139 cm³/mol. The van der Waals surface area contributed by atoms with Gasteiger partial charge in [0.2, 0.25) is 0 Å². The second-order valence-corrected chi connectivity index (χ2v) is 8.11. The molecule has 0 atom stereocenters. The number of ether oxygens (including phenoxy) is 2. The third kappa shape index (κ3) is 6.27. The van der Waals surface area contributed by atoms with Crippen LogP contribution in [0.1, 0.15) is 16.7 Å². The molecular weight excluding hydrogens is 454 g/mol. The predicted octanol–water partition coefficient (Wildman–Crippen LogP) is 4.73. The largest absolute Gasteiger partial charge is 0.496 e. The molecule has 1 aromatic heterocycles. The zero-order valence-corrected chi connectivity index (χ0v) is 20.2. The third-order valence-corrected chi connectivity index (χ3v) is 5.50. The number of hydrogen-bond acceptors (Lipinski definition) is 5. The van der Waals surface area contributed by atoms with Crippen LogP contribution in [-0.4, -0.2) is 35.4 Å². The Bertz CT molecular complexity index is 1360. The van der Waals surface area contributed by atoms with E-state index < -0.39 is 11.9 Å². The Hall–Kier alpha value is -4.65. The van der Waals surface area contributed by atoms with Gasteiger partial charge in [-0.1, -0.05) is 66.2 Å². The quantitative estimate of drug-likeness (QED) is 0.276.